The van der Waals surface area contributed by atoms with Gasteiger partial charge in [-0.15, -0.1) is 0 Å². The maximum absolute atomic E-state index is 11.3. The molecule has 0 bridgehead atoms. The molecular formula is C15H15CrF9O6. The summed E-state index contributed by atoms with van der Waals surface area (Å²) in [5.41, 5.74) is 0. The predicted octanol–water partition coefficient (Wildman–Crippen LogP) is 4.74. The minimum Gasteiger partial charge on any atom is -0.504 e. The zero-order valence-corrected chi connectivity index (χ0v) is 16.9. The molecule has 0 aliphatic carbocycles. The first-order valence-electron chi connectivity index (χ1n) is 6.97. The summed E-state index contributed by atoms with van der Waals surface area (Å²) in [6.07, 6.45) is -14.1. The number of hydrogen-bond acceptors (Lipinski definition) is 6. The van der Waals surface area contributed by atoms with E-state index in [1.54, 1.807) is 0 Å². The van der Waals surface area contributed by atoms with Gasteiger partial charge in [0.05, 0.1) is 0 Å². The van der Waals surface area contributed by atoms with Crippen molar-refractivity contribution < 1.29 is 86.6 Å². The molecule has 0 radical (unpaired) electrons. The minimum atomic E-state index is -4.81. The van der Waals surface area contributed by atoms with Crippen molar-refractivity contribution in [3.8, 4) is 0 Å². The van der Waals surface area contributed by atoms with Gasteiger partial charge < -0.3 is 15.3 Å². The van der Waals surface area contributed by atoms with Crippen LogP contribution in [0.1, 0.15) is 20.8 Å². The average Bonchev–Trinajstić information content (AvgIpc) is 2.43. The Morgan fingerprint density at radius 2 is 0.645 bits per heavy atom. The Labute approximate surface area is 179 Å². The van der Waals surface area contributed by atoms with Crippen LogP contribution in [0.2, 0.25) is 0 Å². The predicted molar refractivity (Wildman–Crippen MR) is 82.3 cm³/mol. The molecule has 16 heteroatoms. The van der Waals surface area contributed by atoms with E-state index in [9.17, 15) is 53.9 Å². The normalized spacial score (nSPS) is 13.0. The van der Waals surface area contributed by atoms with Crippen molar-refractivity contribution in [3.63, 3.8) is 0 Å². The number of halogens is 9. The Hall–Kier alpha value is -2.47. The molecule has 0 spiro atoms. The quantitative estimate of drug-likeness (QED) is 0.285. The third-order valence-corrected chi connectivity index (χ3v) is 1.89. The molecule has 0 aromatic heterocycles. The molecule has 0 fully saturated rings. The van der Waals surface area contributed by atoms with Crippen LogP contribution in [0, 0.1) is 0 Å². The van der Waals surface area contributed by atoms with E-state index in [0.29, 0.717) is 0 Å². The maximum Gasteiger partial charge on any atom is 0.448 e. The van der Waals surface area contributed by atoms with Gasteiger partial charge in [-0.1, -0.05) is 0 Å². The fourth-order valence-electron chi connectivity index (χ4n) is 0.823. The van der Waals surface area contributed by atoms with E-state index in [0.717, 1.165) is 20.8 Å². The molecule has 0 aliphatic rings. The van der Waals surface area contributed by atoms with Crippen molar-refractivity contribution in [1.82, 2.24) is 0 Å². The van der Waals surface area contributed by atoms with Crippen LogP contribution in [-0.2, 0) is 31.7 Å². The van der Waals surface area contributed by atoms with Gasteiger partial charge in [0.15, 0.2) is 17.3 Å². The molecular weight excluding hydrogens is 499 g/mol. The standard InChI is InChI=1S/3C5H5F3O2.Cr/c3*1-3(9)2-4(10)5(6,7)8;/h3*2,10H,1H3;/b3*4-2-;. The molecule has 0 aliphatic heterocycles. The van der Waals surface area contributed by atoms with Crippen LogP contribution in [0.25, 0.3) is 0 Å². The summed E-state index contributed by atoms with van der Waals surface area (Å²) in [6, 6.07) is 0. The van der Waals surface area contributed by atoms with Crippen LogP contribution in [0.3, 0.4) is 0 Å². The fraction of sp³-hybridized carbons (Fsp3) is 0.400. The van der Waals surface area contributed by atoms with Crippen molar-refractivity contribution >= 4 is 17.3 Å². The van der Waals surface area contributed by atoms with Crippen molar-refractivity contribution in [3.05, 3.63) is 35.5 Å². The number of aliphatic hydroxyl groups is 3. The van der Waals surface area contributed by atoms with Gasteiger partial charge in [0, 0.05) is 35.6 Å². The Morgan fingerprint density at radius 1 is 0.516 bits per heavy atom. The molecule has 0 heterocycles. The molecule has 3 N–H and O–H groups in total. The van der Waals surface area contributed by atoms with Gasteiger partial charge >= 0.3 is 18.5 Å². The van der Waals surface area contributed by atoms with Gasteiger partial charge in [0.2, 0.25) is 17.3 Å². The average molecular weight is 514 g/mol. The summed E-state index contributed by atoms with van der Waals surface area (Å²) < 4.78 is 102. The van der Waals surface area contributed by atoms with Crippen LogP contribution >= 0.6 is 0 Å². The van der Waals surface area contributed by atoms with Gasteiger partial charge in [0.1, 0.15) is 0 Å². The molecule has 0 amide bonds. The van der Waals surface area contributed by atoms with E-state index in [-0.39, 0.29) is 35.6 Å². The zero-order valence-electron chi connectivity index (χ0n) is 15.6. The van der Waals surface area contributed by atoms with Crippen molar-refractivity contribution in [2.75, 3.05) is 0 Å². The molecule has 0 aromatic carbocycles. The molecule has 0 rings (SSSR count). The van der Waals surface area contributed by atoms with Gasteiger partial charge in [-0.05, 0) is 20.8 Å². The monoisotopic (exact) mass is 514 g/mol. The summed E-state index contributed by atoms with van der Waals surface area (Å²) in [4.78, 5) is 29.9. The number of carbonyl (C=O) groups excluding carboxylic acids is 3. The smallest absolute Gasteiger partial charge is 0.448 e. The maximum atomic E-state index is 11.3. The number of aliphatic hydroxyl groups excluding tert-OH is 3. The van der Waals surface area contributed by atoms with Gasteiger partial charge in [-0.25, -0.2) is 0 Å². The second-order valence-corrected chi connectivity index (χ2v) is 4.91. The minimum absolute atomic E-state index is 0. The Bertz CT molecular complexity index is 606. The molecule has 0 saturated heterocycles. The second-order valence-electron chi connectivity index (χ2n) is 4.91. The first-order chi connectivity index (χ1) is 13.0. The van der Waals surface area contributed by atoms with Crippen molar-refractivity contribution in [2.45, 2.75) is 39.3 Å². The number of rotatable bonds is 3. The molecule has 0 atom stereocenters. The van der Waals surface area contributed by atoms with Crippen LogP contribution in [0.15, 0.2) is 35.5 Å². The molecule has 0 unspecified atom stereocenters. The number of alkyl halides is 9. The third-order valence-electron chi connectivity index (χ3n) is 1.89. The summed E-state index contributed by atoms with van der Waals surface area (Å²) in [7, 11) is 0. The summed E-state index contributed by atoms with van der Waals surface area (Å²) in [6.45, 7) is 2.76. The summed E-state index contributed by atoms with van der Waals surface area (Å²) in [5.74, 6) is -8.10. The SMILES string of the molecule is CC(=O)/C=C(\O)C(F)(F)F.CC(=O)/C=C(\O)C(F)(F)F.CC(=O)/C=C(\O)C(F)(F)F.[Cr]. The number of allylic oxidation sites excluding steroid dienone is 6. The first-order valence-corrected chi connectivity index (χ1v) is 6.97. The Kier molecular flexibility index (Phi) is 16.8. The fourth-order valence-corrected chi connectivity index (χ4v) is 0.823. The molecule has 0 saturated carbocycles. The van der Waals surface area contributed by atoms with Crippen LogP contribution in [-0.4, -0.2) is 51.2 Å². The number of ketones is 3. The van der Waals surface area contributed by atoms with Gasteiger partial charge in [-0.2, -0.15) is 39.5 Å². The third kappa shape index (κ3) is 23.7. The van der Waals surface area contributed by atoms with E-state index in [1.165, 1.54) is 0 Å². The van der Waals surface area contributed by atoms with Gasteiger partial charge in [0.25, 0.3) is 0 Å². The summed E-state index contributed by atoms with van der Waals surface area (Å²) in [5, 5.41) is 24.2. The molecule has 6 nitrogen and oxygen atoms in total. The van der Waals surface area contributed by atoms with E-state index in [1.807, 2.05) is 0 Å². The summed E-state index contributed by atoms with van der Waals surface area (Å²) >= 11 is 0. The van der Waals surface area contributed by atoms with E-state index >= 15 is 0 Å². The first kappa shape index (κ1) is 35.9. The molecule has 31 heavy (non-hydrogen) atoms. The van der Waals surface area contributed by atoms with Gasteiger partial charge in [-0.3, -0.25) is 14.4 Å². The van der Waals surface area contributed by atoms with Crippen molar-refractivity contribution in [2.24, 2.45) is 0 Å². The second kappa shape index (κ2) is 14.5. The van der Waals surface area contributed by atoms with Crippen LogP contribution in [0.5, 0.6) is 0 Å². The Balaban J connectivity index is -0.000000174. The Morgan fingerprint density at radius 3 is 0.677 bits per heavy atom. The number of hydrogen-bond donors (Lipinski definition) is 3. The van der Waals surface area contributed by atoms with Crippen molar-refractivity contribution in [1.29, 1.82) is 0 Å². The van der Waals surface area contributed by atoms with E-state index in [2.05, 4.69) is 0 Å². The van der Waals surface area contributed by atoms with Crippen LogP contribution < -0.4 is 0 Å². The number of carbonyl (C=O) groups is 3. The van der Waals surface area contributed by atoms with E-state index in [4.69, 9.17) is 15.3 Å². The largest absolute Gasteiger partial charge is 0.504 e. The van der Waals surface area contributed by atoms with E-state index < -0.39 is 53.2 Å². The topological polar surface area (TPSA) is 112 Å². The zero-order chi connectivity index (χ0) is 25.1. The molecule has 180 valence electrons. The molecule has 0 aromatic rings. The van der Waals surface area contributed by atoms with Crippen LogP contribution in [0.4, 0.5) is 39.5 Å².